The van der Waals surface area contributed by atoms with Gasteiger partial charge in [-0.1, -0.05) is 48.5 Å². The highest BCUT2D eigenvalue weighted by atomic mass is 16.2. The maximum Gasteiger partial charge on any atom is 0.349 e. The molecule has 0 fully saturated rings. The maximum absolute atomic E-state index is 12.5. The molecule has 0 aliphatic heterocycles. The quantitative estimate of drug-likeness (QED) is 0.619. The summed E-state index contributed by atoms with van der Waals surface area (Å²) >= 11 is 0. The molecule has 0 saturated heterocycles. The van der Waals surface area contributed by atoms with Crippen LogP contribution in [0, 0.1) is 0 Å². The molecule has 2 aromatic carbocycles. The molecular formula is C20H16N4O2. The zero-order chi connectivity index (χ0) is 17.9. The Morgan fingerprint density at radius 3 is 2.58 bits per heavy atom. The monoisotopic (exact) mass is 344 g/mol. The van der Waals surface area contributed by atoms with E-state index in [2.05, 4.69) is 10.4 Å². The lowest BCUT2D eigenvalue weighted by Gasteiger charge is -2.12. The number of nitrogens with zero attached hydrogens (tertiary/aromatic N) is 3. The van der Waals surface area contributed by atoms with Crippen LogP contribution in [0.15, 0.2) is 83.9 Å². The number of anilines is 1. The van der Waals surface area contributed by atoms with Crippen molar-refractivity contribution in [3.8, 4) is 11.1 Å². The second kappa shape index (κ2) is 6.68. The Morgan fingerprint density at radius 2 is 1.73 bits per heavy atom. The Kier molecular flexibility index (Phi) is 4.07. The van der Waals surface area contributed by atoms with E-state index in [4.69, 9.17) is 0 Å². The minimum absolute atomic E-state index is 0.157. The number of amides is 1. The average Bonchev–Trinajstić information content (AvgIpc) is 3.15. The van der Waals surface area contributed by atoms with Crippen LogP contribution in [0.3, 0.4) is 0 Å². The largest absolute Gasteiger partial charge is 0.349 e. The topological polar surface area (TPSA) is 68.4 Å². The highest BCUT2D eigenvalue weighted by molar-refractivity contribution is 5.95. The smallest absolute Gasteiger partial charge is 0.324 e. The molecule has 0 bridgehead atoms. The van der Waals surface area contributed by atoms with Gasteiger partial charge in [-0.15, -0.1) is 0 Å². The summed E-state index contributed by atoms with van der Waals surface area (Å²) in [6.07, 6.45) is 3.21. The SMILES string of the molecule is O=C(Cn1ncc2cccn2c1=O)Nc1ccccc1-c1ccccc1. The Hall–Kier alpha value is -3.67. The predicted octanol–water partition coefficient (Wildman–Crippen LogP) is 2.80. The summed E-state index contributed by atoms with van der Waals surface area (Å²) in [6, 6.07) is 20.9. The summed E-state index contributed by atoms with van der Waals surface area (Å²) in [5, 5.41) is 6.94. The van der Waals surface area contributed by atoms with Gasteiger partial charge in [0.2, 0.25) is 5.91 Å². The molecule has 4 rings (SSSR count). The maximum atomic E-state index is 12.5. The average molecular weight is 344 g/mol. The van der Waals surface area contributed by atoms with E-state index in [0.29, 0.717) is 11.2 Å². The van der Waals surface area contributed by atoms with Crippen LogP contribution in [0.4, 0.5) is 5.69 Å². The van der Waals surface area contributed by atoms with Gasteiger partial charge in [-0.3, -0.25) is 9.20 Å². The molecule has 0 unspecified atom stereocenters. The van der Waals surface area contributed by atoms with Crippen molar-refractivity contribution in [3.05, 3.63) is 89.6 Å². The third-order valence-corrected chi connectivity index (χ3v) is 4.12. The second-order valence-corrected chi connectivity index (χ2v) is 5.85. The van der Waals surface area contributed by atoms with Crippen molar-refractivity contribution in [2.45, 2.75) is 6.54 Å². The number of aromatic nitrogens is 3. The second-order valence-electron chi connectivity index (χ2n) is 5.85. The van der Waals surface area contributed by atoms with E-state index >= 15 is 0 Å². The van der Waals surface area contributed by atoms with Crippen molar-refractivity contribution in [1.29, 1.82) is 0 Å². The van der Waals surface area contributed by atoms with Gasteiger partial charge in [0.25, 0.3) is 0 Å². The molecule has 0 atom stereocenters. The van der Waals surface area contributed by atoms with Crippen molar-refractivity contribution in [1.82, 2.24) is 14.2 Å². The molecule has 6 heteroatoms. The van der Waals surface area contributed by atoms with Crippen LogP contribution in [0.5, 0.6) is 0 Å². The number of para-hydroxylation sites is 1. The van der Waals surface area contributed by atoms with Gasteiger partial charge in [-0.05, 0) is 23.8 Å². The van der Waals surface area contributed by atoms with E-state index in [1.165, 1.54) is 4.40 Å². The van der Waals surface area contributed by atoms with Gasteiger partial charge < -0.3 is 5.32 Å². The van der Waals surface area contributed by atoms with Gasteiger partial charge in [-0.2, -0.15) is 5.10 Å². The molecule has 26 heavy (non-hydrogen) atoms. The van der Waals surface area contributed by atoms with E-state index in [1.54, 1.807) is 24.5 Å². The van der Waals surface area contributed by atoms with E-state index in [1.807, 2.05) is 54.6 Å². The zero-order valence-corrected chi connectivity index (χ0v) is 13.9. The minimum atomic E-state index is -0.348. The number of fused-ring (bicyclic) bond motifs is 1. The van der Waals surface area contributed by atoms with Crippen molar-refractivity contribution in [2.24, 2.45) is 0 Å². The summed E-state index contributed by atoms with van der Waals surface area (Å²) in [4.78, 5) is 24.8. The van der Waals surface area contributed by atoms with Crippen LogP contribution in [0.25, 0.3) is 16.6 Å². The lowest BCUT2D eigenvalue weighted by Crippen LogP contribution is -2.33. The first-order valence-corrected chi connectivity index (χ1v) is 8.20. The van der Waals surface area contributed by atoms with Crippen molar-refractivity contribution in [3.63, 3.8) is 0 Å². The minimum Gasteiger partial charge on any atom is -0.324 e. The molecule has 0 aliphatic carbocycles. The van der Waals surface area contributed by atoms with Crippen LogP contribution in [0.1, 0.15) is 0 Å². The number of nitrogens with one attached hydrogen (secondary N) is 1. The standard InChI is InChI=1S/C20H16N4O2/c25-19(14-24-20(26)23-12-6-9-16(23)13-21-24)22-18-11-5-4-10-17(18)15-7-2-1-3-8-15/h1-13H,14H2,(H,22,25). The summed E-state index contributed by atoms with van der Waals surface area (Å²) in [5.41, 5.74) is 2.97. The molecule has 0 radical (unpaired) electrons. The van der Waals surface area contributed by atoms with Crippen molar-refractivity contribution >= 4 is 17.1 Å². The lowest BCUT2D eigenvalue weighted by atomic mass is 10.0. The molecule has 128 valence electrons. The molecule has 0 saturated carbocycles. The summed E-state index contributed by atoms with van der Waals surface area (Å²) in [7, 11) is 0. The number of carbonyl (C=O) groups excluding carboxylic acids is 1. The molecule has 0 aliphatic rings. The number of benzene rings is 2. The van der Waals surface area contributed by atoms with E-state index in [0.717, 1.165) is 15.8 Å². The zero-order valence-electron chi connectivity index (χ0n) is 13.9. The normalized spacial score (nSPS) is 10.8. The highest BCUT2D eigenvalue weighted by Crippen LogP contribution is 2.27. The molecule has 2 aromatic heterocycles. The van der Waals surface area contributed by atoms with Crippen LogP contribution in [-0.4, -0.2) is 20.1 Å². The van der Waals surface area contributed by atoms with Gasteiger partial charge in [0.15, 0.2) is 0 Å². The van der Waals surface area contributed by atoms with Crippen LogP contribution < -0.4 is 11.0 Å². The van der Waals surface area contributed by atoms with Crippen LogP contribution in [0.2, 0.25) is 0 Å². The molecule has 2 heterocycles. The fourth-order valence-electron chi connectivity index (χ4n) is 2.87. The molecule has 0 spiro atoms. The van der Waals surface area contributed by atoms with Gasteiger partial charge in [0.05, 0.1) is 11.7 Å². The van der Waals surface area contributed by atoms with E-state index in [9.17, 15) is 9.59 Å². The number of hydrogen-bond acceptors (Lipinski definition) is 3. The summed E-state index contributed by atoms with van der Waals surface area (Å²) < 4.78 is 2.60. The predicted molar refractivity (Wildman–Crippen MR) is 100.0 cm³/mol. The fourth-order valence-corrected chi connectivity index (χ4v) is 2.87. The highest BCUT2D eigenvalue weighted by Gasteiger charge is 2.11. The van der Waals surface area contributed by atoms with E-state index < -0.39 is 0 Å². The number of rotatable bonds is 4. The first-order chi connectivity index (χ1) is 12.7. The van der Waals surface area contributed by atoms with Crippen LogP contribution >= 0.6 is 0 Å². The fraction of sp³-hybridized carbons (Fsp3) is 0.0500. The molecule has 1 N–H and O–H groups in total. The first-order valence-electron chi connectivity index (χ1n) is 8.20. The summed E-state index contributed by atoms with van der Waals surface area (Å²) in [6.45, 7) is -0.157. The Morgan fingerprint density at radius 1 is 0.962 bits per heavy atom. The third-order valence-electron chi connectivity index (χ3n) is 4.12. The number of hydrogen-bond donors (Lipinski definition) is 1. The lowest BCUT2D eigenvalue weighted by molar-refractivity contribution is -0.117. The van der Waals surface area contributed by atoms with Gasteiger partial charge in [-0.25, -0.2) is 9.48 Å². The third kappa shape index (κ3) is 3.00. The Bertz CT molecular complexity index is 1130. The molecular weight excluding hydrogens is 328 g/mol. The Balaban J connectivity index is 1.59. The van der Waals surface area contributed by atoms with Crippen LogP contribution in [-0.2, 0) is 11.3 Å². The molecule has 1 amide bonds. The van der Waals surface area contributed by atoms with Gasteiger partial charge >= 0.3 is 5.69 Å². The summed E-state index contributed by atoms with van der Waals surface area (Å²) in [5.74, 6) is -0.311. The number of carbonyl (C=O) groups is 1. The van der Waals surface area contributed by atoms with E-state index in [-0.39, 0.29) is 18.1 Å². The molecule has 4 aromatic rings. The first kappa shape index (κ1) is 15.8. The molecule has 6 nitrogen and oxygen atoms in total. The van der Waals surface area contributed by atoms with Gasteiger partial charge in [0.1, 0.15) is 6.54 Å². The van der Waals surface area contributed by atoms with Crippen molar-refractivity contribution < 1.29 is 4.79 Å². The van der Waals surface area contributed by atoms with Gasteiger partial charge in [0, 0.05) is 17.4 Å². The van der Waals surface area contributed by atoms with Crippen molar-refractivity contribution in [2.75, 3.05) is 5.32 Å². The Labute approximate surface area is 149 Å².